The number of aromatic nitrogens is 1. The van der Waals surface area contributed by atoms with Crippen molar-refractivity contribution in [3.05, 3.63) is 48.8 Å². The average Bonchev–Trinajstić information content (AvgIpc) is 2.82. The van der Waals surface area contributed by atoms with Gasteiger partial charge in [0.2, 0.25) is 0 Å². The van der Waals surface area contributed by atoms with Crippen LogP contribution in [0.15, 0.2) is 48.8 Å². The molecule has 3 nitrogen and oxygen atoms in total. The lowest BCUT2D eigenvalue weighted by molar-refractivity contribution is -0.115. The van der Waals surface area contributed by atoms with Gasteiger partial charge in [0.15, 0.2) is 0 Å². The van der Waals surface area contributed by atoms with E-state index >= 15 is 0 Å². The summed E-state index contributed by atoms with van der Waals surface area (Å²) in [4.78, 5) is 11.6. The summed E-state index contributed by atoms with van der Waals surface area (Å²) in [5.41, 5.74) is 1.37. The molecule has 0 fully saturated rings. The maximum absolute atomic E-state index is 11.6. The SMILES string of the molecule is O=C(Nc1ccccc1-n1cccc1)C(Cl)(Cl)Cl. The highest BCUT2D eigenvalue weighted by atomic mass is 35.6. The first-order chi connectivity index (χ1) is 8.48. The maximum atomic E-state index is 11.6. The van der Waals surface area contributed by atoms with Gasteiger partial charge in [0.1, 0.15) is 0 Å². The van der Waals surface area contributed by atoms with E-state index < -0.39 is 9.70 Å². The summed E-state index contributed by atoms with van der Waals surface area (Å²) in [6, 6.07) is 11.0. The number of nitrogens with one attached hydrogen (secondary N) is 1. The van der Waals surface area contributed by atoms with E-state index in [-0.39, 0.29) is 0 Å². The molecule has 0 radical (unpaired) electrons. The Kier molecular flexibility index (Phi) is 3.85. The Balaban J connectivity index is 2.32. The molecule has 18 heavy (non-hydrogen) atoms. The molecule has 0 aliphatic heterocycles. The summed E-state index contributed by atoms with van der Waals surface area (Å²) in [5, 5.41) is 2.58. The highest BCUT2D eigenvalue weighted by Gasteiger charge is 2.31. The van der Waals surface area contributed by atoms with Crippen molar-refractivity contribution in [2.75, 3.05) is 5.32 Å². The zero-order chi connectivity index (χ0) is 13.2. The number of halogens is 3. The molecule has 6 heteroatoms. The lowest BCUT2D eigenvalue weighted by atomic mass is 10.2. The van der Waals surface area contributed by atoms with Gasteiger partial charge in [0.25, 0.3) is 9.70 Å². The fourth-order valence-corrected chi connectivity index (χ4v) is 1.63. The van der Waals surface area contributed by atoms with Crippen LogP contribution in [0.25, 0.3) is 5.69 Å². The molecule has 1 aromatic carbocycles. The number of hydrogen-bond acceptors (Lipinski definition) is 1. The van der Waals surface area contributed by atoms with Gasteiger partial charge in [-0.25, -0.2) is 0 Å². The van der Waals surface area contributed by atoms with Gasteiger partial charge in [-0.05, 0) is 24.3 Å². The standard InChI is InChI=1S/C12H9Cl3N2O/c13-12(14,15)11(18)16-9-5-1-2-6-10(9)17-7-3-4-8-17/h1-8H,(H,16,18). The third-order valence-corrected chi connectivity index (χ3v) is 2.81. The number of anilines is 1. The van der Waals surface area contributed by atoms with E-state index in [0.717, 1.165) is 5.69 Å². The van der Waals surface area contributed by atoms with Crippen LogP contribution in [-0.4, -0.2) is 14.3 Å². The highest BCUT2D eigenvalue weighted by Crippen LogP contribution is 2.29. The van der Waals surface area contributed by atoms with Crippen LogP contribution >= 0.6 is 34.8 Å². The van der Waals surface area contributed by atoms with Crippen molar-refractivity contribution < 1.29 is 4.79 Å². The van der Waals surface area contributed by atoms with Crippen molar-refractivity contribution in [2.45, 2.75) is 3.79 Å². The van der Waals surface area contributed by atoms with Crippen LogP contribution < -0.4 is 5.32 Å². The summed E-state index contributed by atoms with van der Waals surface area (Å²) in [5.74, 6) is -0.688. The quantitative estimate of drug-likeness (QED) is 0.842. The van der Waals surface area contributed by atoms with Crippen molar-refractivity contribution in [1.29, 1.82) is 0 Å². The maximum Gasteiger partial charge on any atom is 0.276 e. The fourth-order valence-electron chi connectivity index (χ4n) is 1.49. The molecule has 0 unspecified atom stereocenters. The largest absolute Gasteiger partial charge is 0.322 e. The van der Waals surface area contributed by atoms with Crippen LogP contribution in [0.5, 0.6) is 0 Å². The van der Waals surface area contributed by atoms with Crippen LogP contribution in [-0.2, 0) is 4.79 Å². The Morgan fingerprint density at radius 2 is 1.67 bits per heavy atom. The molecule has 1 amide bonds. The van der Waals surface area contributed by atoms with Crippen LogP contribution in [0.3, 0.4) is 0 Å². The third kappa shape index (κ3) is 2.99. The van der Waals surface area contributed by atoms with Gasteiger partial charge in [0, 0.05) is 12.4 Å². The van der Waals surface area contributed by atoms with E-state index in [1.54, 1.807) is 12.1 Å². The second-order valence-corrected chi connectivity index (χ2v) is 5.84. The Labute approximate surface area is 119 Å². The lowest BCUT2D eigenvalue weighted by Crippen LogP contribution is -2.27. The molecule has 0 saturated heterocycles. The topological polar surface area (TPSA) is 34.0 Å². The van der Waals surface area contributed by atoms with E-state index in [2.05, 4.69) is 5.32 Å². The number of nitrogens with zero attached hydrogens (tertiary/aromatic N) is 1. The van der Waals surface area contributed by atoms with Crippen molar-refractivity contribution >= 4 is 46.4 Å². The van der Waals surface area contributed by atoms with E-state index in [9.17, 15) is 4.79 Å². The highest BCUT2D eigenvalue weighted by molar-refractivity contribution is 6.76. The molecule has 0 aliphatic rings. The van der Waals surface area contributed by atoms with Gasteiger partial charge in [-0.3, -0.25) is 4.79 Å². The molecule has 2 aromatic rings. The fraction of sp³-hybridized carbons (Fsp3) is 0.0833. The van der Waals surface area contributed by atoms with Crippen LogP contribution in [0.2, 0.25) is 0 Å². The Morgan fingerprint density at radius 1 is 1.06 bits per heavy atom. The minimum absolute atomic E-state index is 0.574. The number of para-hydroxylation sites is 2. The van der Waals surface area contributed by atoms with Crippen molar-refractivity contribution in [3.63, 3.8) is 0 Å². The van der Waals surface area contributed by atoms with Crippen molar-refractivity contribution in [3.8, 4) is 5.69 Å². The molecule has 1 heterocycles. The average molecular weight is 304 g/mol. The van der Waals surface area contributed by atoms with Gasteiger partial charge in [-0.2, -0.15) is 0 Å². The lowest BCUT2D eigenvalue weighted by Gasteiger charge is -2.15. The Bertz CT molecular complexity index is 547. The van der Waals surface area contributed by atoms with Crippen LogP contribution in [0, 0.1) is 0 Å². The predicted octanol–water partition coefficient (Wildman–Crippen LogP) is 3.79. The van der Waals surface area contributed by atoms with Gasteiger partial charge >= 0.3 is 0 Å². The molecular weight excluding hydrogens is 295 g/mol. The zero-order valence-corrected chi connectivity index (χ0v) is 11.4. The summed E-state index contributed by atoms with van der Waals surface area (Å²) in [6.07, 6.45) is 3.72. The normalized spacial score (nSPS) is 11.3. The molecule has 0 spiro atoms. The Hall–Kier alpha value is -1.16. The number of alkyl halides is 3. The smallest absolute Gasteiger partial charge is 0.276 e. The van der Waals surface area contributed by atoms with Gasteiger partial charge in [0.05, 0.1) is 11.4 Å². The molecular formula is C12H9Cl3N2O. The summed E-state index contributed by atoms with van der Waals surface area (Å²) in [7, 11) is 0. The summed E-state index contributed by atoms with van der Waals surface area (Å²) < 4.78 is -0.127. The third-order valence-electron chi connectivity index (χ3n) is 2.29. The van der Waals surface area contributed by atoms with Crippen molar-refractivity contribution in [2.24, 2.45) is 0 Å². The second kappa shape index (κ2) is 5.22. The number of hydrogen-bond donors (Lipinski definition) is 1. The van der Waals surface area contributed by atoms with E-state index in [4.69, 9.17) is 34.8 Å². The first-order valence-electron chi connectivity index (χ1n) is 5.09. The number of carbonyl (C=O) groups excluding carboxylic acids is 1. The Morgan fingerprint density at radius 3 is 2.28 bits per heavy atom. The summed E-state index contributed by atoms with van der Waals surface area (Å²) in [6.45, 7) is 0. The summed E-state index contributed by atoms with van der Waals surface area (Å²) >= 11 is 16.6. The van der Waals surface area contributed by atoms with E-state index in [1.807, 2.05) is 41.2 Å². The van der Waals surface area contributed by atoms with Gasteiger partial charge in [-0.1, -0.05) is 46.9 Å². The number of benzene rings is 1. The molecule has 0 saturated carbocycles. The molecule has 0 aliphatic carbocycles. The molecule has 0 atom stereocenters. The number of amides is 1. The molecule has 2 rings (SSSR count). The number of carbonyl (C=O) groups is 1. The molecule has 1 aromatic heterocycles. The van der Waals surface area contributed by atoms with E-state index in [1.165, 1.54) is 0 Å². The van der Waals surface area contributed by atoms with Crippen LogP contribution in [0.4, 0.5) is 5.69 Å². The second-order valence-electron chi connectivity index (χ2n) is 3.56. The molecule has 94 valence electrons. The van der Waals surface area contributed by atoms with Crippen LogP contribution in [0.1, 0.15) is 0 Å². The first-order valence-corrected chi connectivity index (χ1v) is 6.22. The van der Waals surface area contributed by atoms with E-state index in [0.29, 0.717) is 5.69 Å². The monoisotopic (exact) mass is 302 g/mol. The number of rotatable bonds is 2. The minimum Gasteiger partial charge on any atom is -0.322 e. The first kappa shape index (κ1) is 13.3. The van der Waals surface area contributed by atoms with Gasteiger partial charge in [-0.15, -0.1) is 0 Å². The molecule has 1 N–H and O–H groups in total. The van der Waals surface area contributed by atoms with Gasteiger partial charge < -0.3 is 9.88 Å². The van der Waals surface area contributed by atoms with Crippen molar-refractivity contribution in [1.82, 2.24) is 4.57 Å². The minimum atomic E-state index is -1.98. The molecule has 0 bridgehead atoms. The predicted molar refractivity (Wildman–Crippen MR) is 74.7 cm³/mol. The zero-order valence-electron chi connectivity index (χ0n) is 9.11.